The van der Waals surface area contributed by atoms with E-state index < -0.39 is 21.5 Å². The van der Waals surface area contributed by atoms with Crippen LogP contribution in [0.15, 0.2) is 23.1 Å². The van der Waals surface area contributed by atoms with Crippen LogP contribution in [0.2, 0.25) is 5.02 Å². The Morgan fingerprint density at radius 1 is 1.45 bits per heavy atom. The molecule has 0 saturated heterocycles. The van der Waals surface area contributed by atoms with Crippen molar-refractivity contribution < 1.29 is 17.9 Å². The van der Waals surface area contributed by atoms with Gasteiger partial charge in [-0.3, -0.25) is 4.79 Å². The Morgan fingerprint density at radius 3 is 2.55 bits per heavy atom. The lowest BCUT2D eigenvalue weighted by molar-refractivity contribution is 0.0820. The van der Waals surface area contributed by atoms with Crippen LogP contribution in [0.4, 0.5) is 0 Å². The van der Waals surface area contributed by atoms with Crippen molar-refractivity contribution >= 4 is 27.5 Å². The van der Waals surface area contributed by atoms with Gasteiger partial charge in [-0.25, -0.2) is 13.6 Å². The van der Waals surface area contributed by atoms with Crippen molar-refractivity contribution in [2.45, 2.75) is 24.3 Å². The lowest BCUT2D eigenvalue weighted by Gasteiger charge is -2.25. The molecule has 3 N–H and O–H groups in total. The van der Waals surface area contributed by atoms with Gasteiger partial charge in [-0.05, 0) is 32.0 Å². The Hall–Kier alpha value is -1.15. The zero-order chi connectivity index (χ0) is 15.6. The molecule has 0 aliphatic carbocycles. The molecule has 20 heavy (non-hydrogen) atoms. The SMILES string of the molecule is COCC(C)(C)NC(=O)c1cc(S(N)(=O)=O)ccc1Cl. The van der Waals surface area contributed by atoms with Crippen LogP contribution in [-0.4, -0.2) is 33.6 Å². The zero-order valence-corrected chi connectivity index (χ0v) is 13.0. The van der Waals surface area contributed by atoms with Crippen molar-refractivity contribution in [3.63, 3.8) is 0 Å². The van der Waals surface area contributed by atoms with Crippen molar-refractivity contribution in [2.24, 2.45) is 5.14 Å². The number of halogens is 1. The molecule has 1 rings (SSSR count). The first kappa shape index (κ1) is 16.9. The Bertz CT molecular complexity index is 614. The molecule has 0 radical (unpaired) electrons. The number of benzene rings is 1. The van der Waals surface area contributed by atoms with E-state index >= 15 is 0 Å². The first-order chi connectivity index (χ1) is 9.07. The Morgan fingerprint density at radius 2 is 2.05 bits per heavy atom. The van der Waals surface area contributed by atoms with Crippen LogP contribution in [0.3, 0.4) is 0 Å². The third-order valence-corrected chi connectivity index (χ3v) is 3.71. The maximum Gasteiger partial charge on any atom is 0.253 e. The van der Waals surface area contributed by atoms with Gasteiger partial charge in [0, 0.05) is 7.11 Å². The maximum atomic E-state index is 12.1. The predicted octanol–water partition coefficient (Wildman–Crippen LogP) is 1.14. The summed E-state index contributed by atoms with van der Waals surface area (Å²) in [7, 11) is -2.38. The highest BCUT2D eigenvalue weighted by Crippen LogP contribution is 2.20. The summed E-state index contributed by atoms with van der Waals surface area (Å²) in [6.45, 7) is 3.84. The lowest BCUT2D eigenvalue weighted by Crippen LogP contribution is -2.46. The fourth-order valence-electron chi connectivity index (χ4n) is 1.63. The number of carbonyl (C=O) groups is 1. The van der Waals surface area contributed by atoms with Gasteiger partial charge >= 0.3 is 0 Å². The molecule has 112 valence electrons. The maximum absolute atomic E-state index is 12.1. The highest BCUT2D eigenvalue weighted by molar-refractivity contribution is 7.89. The summed E-state index contributed by atoms with van der Waals surface area (Å²) in [4.78, 5) is 12.0. The molecule has 1 aromatic rings. The minimum absolute atomic E-state index is 0.0439. The highest BCUT2D eigenvalue weighted by atomic mass is 35.5. The number of hydrogen-bond donors (Lipinski definition) is 2. The van der Waals surface area contributed by atoms with E-state index in [1.54, 1.807) is 13.8 Å². The molecule has 0 unspecified atom stereocenters. The van der Waals surface area contributed by atoms with E-state index in [2.05, 4.69) is 5.32 Å². The smallest absolute Gasteiger partial charge is 0.253 e. The number of primary sulfonamides is 1. The van der Waals surface area contributed by atoms with E-state index in [0.717, 1.165) is 6.07 Å². The van der Waals surface area contributed by atoms with Crippen LogP contribution in [0.5, 0.6) is 0 Å². The topological polar surface area (TPSA) is 98.5 Å². The van der Waals surface area contributed by atoms with E-state index in [1.165, 1.54) is 19.2 Å². The van der Waals surface area contributed by atoms with E-state index in [4.69, 9.17) is 21.5 Å². The molecule has 0 aromatic heterocycles. The van der Waals surface area contributed by atoms with Crippen molar-refractivity contribution in [1.29, 1.82) is 0 Å². The average molecular weight is 321 g/mol. The van der Waals surface area contributed by atoms with Crippen LogP contribution in [-0.2, 0) is 14.8 Å². The van der Waals surface area contributed by atoms with Gasteiger partial charge in [0.2, 0.25) is 10.0 Å². The molecule has 0 fully saturated rings. The largest absolute Gasteiger partial charge is 0.382 e. The van der Waals surface area contributed by atoms with Crippen LogP contribution in [0.1, 0.15) is 24.2 Å². The number of nitrogens with two attached hydrogens (primary N) is 1. The molecule has 8 heteroatoms. The number of nitrogens with one attached hydrogen (secondary N) is 1. The molecule has 1 aromatic carbocycles. The van der Waals surface area contributed by atoms with Crippen LogP contribution >= 0.6 is 11.6 Å². The number of methoxy groups -OCH3 is 1. The number of amides is 1. The van der Waals surface area contributed by atoms with E-state index in [-0.39, 0.29) is 15.5 Å². The number of hydrogen-bond acceptors (Lipinski definition) is 4. The van der Waals surface area contributed by atoms with Gasteiger partial charge in [0.15, 0.2) is 0 Å². The van der Waals surface area contributed by atoms with Crippen molar-refractivity contribution in [1.82, 2.24) is 5.32 Å². The molecule has 0 heterocycles. The Kier molecular flexibility index (Phi) is 5.15. The highest BCUT2D eigenvalue weighted by Gasteiger charge is 2.23. The summed E-state index contributed by atoms with van der Waals surface area (Å²) in [6, 6.07) is 3.71. The molecule has 0 aliphatic rings. The van der Waals surface area contributed by atoms with Gasteiger partial charge in [0.25, 0.3) is 5.91 Å². The lowest BCUT2D eigenvalue weighted by atomic mass is 10.1. The third-order valence-electron chi connectivity index (χ3n) is 2.47. The minimum Gasteiger partial charge on any atom is -0.382 e. The van der Waals surface area contributed by atoms with Crippen LogP contribution in [0.25, 0.3) is 0 Å². The number of ether oxygens (including phenoxy) is 1. The number of rotatable bonds is 5. The number of carbonyl (C=O) groups excluding carboxylic acids is 1. The van der Waals surface area contributed by atoms with Crippen LogP contribution in [0, 0.1) is 0 Å². The second-order valence-electron chi connectivity index (χ2n) is 4.96. The van der Waals surface area contributed by atoms with Gasteiger partial charge < -0.3 is 10.1 Å². The van der Waals surface area contributed by atoms with E-state index in [9.17, 15) is 13.2 Å². The summed E-state index contributed by atoms with van der Waals surface area (Å²) >= 11 is 5.92. The summed E-state index contributed by atoms with van der Waals surface area (Å²) in [6.07, 6.45) is 0. The van der Waals surface area contributed by atoms with E-state index in [0.29, 0.717) is 6.61 Å². The fraction of sp³-hybridized carbons (Fsp3) is 0.417. The first-order valence-corrected chi connectivity index (χ1v) is 7.63. The normalized spacial score (nSPS) is 12.2. The van der Waals surface area contributed by atoms with Gasteiger partial charge in [-0.15, -0.1) is 0 Å². The summed E-state index contributed by atoms with van der Waals surface area (Å²) in [5, 5.41) is 7.88. The molecular formula is C12H17ClN2O4S. The number of sulfonamides is 1. The molecule has 0 atom stereocenters. The molecule has 0 saturated carbocycles. The quantitative estimate of drug-likeness (QED) is 0.850. The van der Waals surface area contributed by atoms with Gasteiger partial charge in [0.1, 0.15) is 0 Å². The predicted molar refractivity (Wildman–Crippen MR) is 76.2 cm³/mol. The second-order valence-corrected chi connectivity index (χ2v) is 6.93. The standard InChI is InChI=1S/C12H17ClN2O4S/c1-12(2,7-19-3)15-11(16)9-6-8(20(14,17)18)4-5-10(9)13/h4-6H,7H2,1-3H3,(H,15,16)(H2,14,17,18). The Balaban J connectivity index is 3.10. The van der Waals surface area contributed by atoms with Crippen molar-refractivity contribution in [3.05, 3.63) is 28.8 Å². The second kappa shape index (κ2) is 6.09. The van der Waals surface area contributed by atoms with Gasteiger partial charge in [0.05, 0.1) is 27.6 Å². The van der Waals surface area contributed by atoms with Gasteiger partial charge in [-0.2, -0.15) is 0 Å². The minimum atomic E-state index is -3.89. The summed E-state index contributed by atoms with van der Waals surface area (Å²) in [5.74, 6) is -0.498. The van der Waals surface area contributed by atoms with Gasteiger partial charge in [-0.1, -0.05) is 11.6 Å². The zero-order valence-electron chi connectivity index (χ0n) is 11.4. The molecule has 0 spiro atoms. The Labute approximate surface area is 123 Å². The summed E-state index contributed by atoms with van der Waals surface area (Å²) in [5.41, 5.74) is -0.574. The molecule has 1 amide bonds. The van der Waals surface area contributed by atoms with E-state index in [1.807, 2.05) is 0 Å². The monoisotopic (exact) mass is 320 g/mol. The molecule has 0 aliphatic heterocycles. The molecule has 6 nitrogen and oxygen atoms in total. The van der Waals surface area contributed by atoms with Crippen molar-refractivity contribution in [3.8, 4) is 0 Å². The summed E-state index contributed by atoms with van der Waals surface area (Å²) < 4.78 is 27.6. The third kappa shape index (κ3) is 4.45. The average Bonchev–Trinajstić information content (AvgIpc) is 2.26. The fourth-order valence-corrected chi connectivity index (χ4v) is 2.37. The van der Waals surface area contributed by atoms with Crippen LogP contribution < -0.4 is 10.5 Å². The molecule has 0 bridgehead atoms. The molecular weight excluding hydrogens is 304 g/mol. The van der Waals surface area contributed by atoms with Crippen molar-refractivity contribution in [2.75, 3.05) is 13.7 Å². The first-order valence-electron chi connectivity index (χ1n) is 5.70.